The van der Waals surface area contributed by atoms with Gasteiger partial charge in [-0.15, -0.1) is 0 Å². The van der Waals surface area contributed by atoms with Crippen molar-refractivity contribution < 1.29 is 45.1 Å². The molecule has 276 valence electrons. The highest BCUT2D eigenvalue weighted by molar-refractivity contribution is 7.92. The quantitative estimate of drug-likeness (QED) is 0.113. The fraction of sp³-hybridized carbons (Fsp3) is 0.500. The lowest BCUT2D eigenvalue weighted by Gasteiger charge is -2.28. The van der Waals surface area contributed by atoms with Gasteiger partial charge in [-0.05, 0) is 54.5 Å². The van der Waals surface area contributed by atoms with Gasteiger partial charge in [0.15, 0.2) is 15.5 Å². The lowest BCUT2D eigenvalue weighted by molar-refractivity contribution is -0.141. The van der Waals surface area contributed by atoms with Crippen LogP contribution >= 0.6 is 0 Å². The van der Waals surface area contributed by atoms with Gasteiger partial charge in [0.25, 0.3) is 5.91 Å². The van der Waals surface area contributed by atoms with Crippen LogP contribution in [0.3, 0.4) is 0 Å². The van der Waals surface area contributed by atoms with Crippen LogP contribution in [0.1, 0.15) is 79.2 Å². The second-order valence-electron chi connectivity index (χ2n) is 12.2. The van der Waals surface area contributed by atoms with Crippen molar-refractivity contribution in [1.29, 1.82) is 0 Å². The number of benzene rings is 2. The molecule has 0 aliphatic rings. The standard InChI is InChI=1S/C34H44F5N5O5S/c1-4-8-26(9-5-2)50(48,49)20-29(43-32(46)27-18-41-44-31(27)34(37,38)39)33(47)42-28(15-23-13-24(35)16-25(36)14-23)30(45)19-40-17-22-11-7-10-21(6-3)12-22/h7,10-14,16,18,26,28-30,40,45H,4-6,8-9,15,17,19-20H2,1-3H3,(H,41,44)(H,42,47)(H,43,46)/t28-,29+,30+/m0/s1. The molecule has 1 aromatic heterocycles. The summed E-state index contributed by atoms with van der Waals surface area (Å²) in [6.07, 6.45) is -3.86. The van der Waals surface area contributed by atoms with Gasteiger partial charge < -0.3 is 21.1 Å². The first-order valence-corrected chi connectivity index (χ1v) is 18.1. The molecule has 0 saturated carbocycles. The number of aliphatic hydroxyl groups excluding tert-OH is 1. The van der Waals surface area contributed by atoms with Crippen molar-refractivity contribution >= 4 is 21.7 Å². The number of rotatable bonds is 19. The average molecular weight is 730 g/mol. The van der Waals surface area contributed by atoms with Crippen LogP contribution in [0, 0.1) is 11.6 Å². The molecule has 0 unspecified atom stereocenters. The number of carbonyl (C=O) groups is 2. The van der Waals surface area contributed by atoms with Gasteiger partial charge in [-0.3, -0.25) is 14.7 Å². The molecule has 0 aliphatic carbocycles. The molecule has 3 aromatic rings. The summed E-state index contributed by atoms with van der Waals surface area (Å²) in [5.41, 5.74) is -0.416. The van der Waals surface area contributed by atoms with Gasteiger partial charge in [0.2, 0.25) is 5.91 Å². The number of aromatic nitrogens is 2. The first kappa shape index (κ1) is 40.5. The summed E-state index contributed by atoms with van der Waals surface area (Å²) in [7, 11) is -4.12. The Balaban J connectivity index is 1.93. The van der Waals surface area contributed by atoms with E-state index in [1.165, 1.54) is 0 Å². The Hall–Kier alpha value is -3.89. The van der Waals surface area contributed by atoms with E-state index in [4.69, 9.17) is 0 Å². The molecular weight excluding hydrogens is 685 g/mol. The molecule has 1 heterocycles. The number of aryl methyl sites for hydroxylation is 1. The lowest BCUT2D eigenvalue weighted by atomic mass is 10.00. The lowest BCUT2D eigenvalue weighted by Crippen LogP contribution is -2.57. The summed E-state index contributed by atoms with van der Waals surface area (Å²) in [6, 6.07) is 7.12. The SMILES string of the molecule is CCCC(CCC)S(=O)(=O)C[C@@H](NC(=O)c1cn[nH]c1C(F)(F)F)C(=O)N[C@@H](Cc1cc(F)cc(F)c1)[C@H](O)CNCc1cccc(CC)c1. The Morgan fingerprint density at radius 3 is 2.18 bits per heavy atom. The minimum Gasteiger partial charge on any atom is -0.390 e. The van der Waals surface area contributed by atoms with Crippen LogP contribution in [-0.2, 0) is 40.2 Å². The topological polar surface area (TPSA) is 153 Å². The number of hydrogen-bond acceptors (Lipinski definition) is 7. The number of amides is 2. The predicted octanol–water partition coefficient (Wildman–Crippen LogP) is 4.63. The molecule has 5 N–H and O–H groups in total. The Kier molecular flexibility index (Phi) is 14.9. The van der Waals surface area contributed by atoms with E-state index in [1.54, 1.807) is 18.9 Å². The van der Waals surface area contributed by atoms with E-state index in [2.05, 4.69) is 21.0 Å². The van der Waals surface area contributed by atoms with E-state index in [9.17, 15) is 45.1 Å². The van der Waals surface area contributed by atoms with Crippen molar-refractivity contribution in [3.63, 3.8) is 0 Å². The number of sulfone groups is 1. The average Bonchev–Trinajstić information content (AvgIpc) is 3.55. The third kappa shape index (κ3) is 11.9. The largest absolute Gasteiger partial charge is 0.433 e. The maximum Gasteiger partial charge on any atom is 0.433 e. The molecule has 3 rings (SSSR count). The molecular formula is C34H44F5N5O5S. The van der Waals surface area contributed by atoms with Crippen LogP contribution in [0.2, 0.25) is 0 Å². The van der Waals surface area contributed by atoms with Gasteiger partial charge in [-0.25, -0.2) is 17.2 Å². The third-order valence-electron chi connectivity index (χ3n) is 8.17. The van der Waals surface area contributed by atoms with Gasteiger partial charge >= 0.3 is 6.18 Å². The number of nitrogens with one attached hydrogen (secondary N) is 4. The summed E-state index contributed by atoms with van der Waals surface area (Å²) in [6.45, 7) is 5.74. The summed E-state index contributed by atoms with van der Waals surface area (Å²) >= 11 is 0. The fourth-order valence-corrected chi connectivity index (χ4v) is 7.79. The van der Waals surface area contributed by atoms with Crippen molar-refractivity contribution in [3.05, 3.63) is 88.2 Å². The molecule has 0 aliphatic heterocycles. The van der Waals surface area contributed by atoms with Crippen LogP contribution in [0.25, 0.3) is 0 Å². The van der Waals surface area contributed by atoms with Crippen molar-refractivity contribution in [3.8, 4) is 0 Å². The summed E-state index contributed by atoms with van der Waals surface area (Å²) in [5, 5.41) is 23.0. The molecule has 16 heteroatoms. The number of hydrogen-bond donors (Lipinski definition) is 5. The summed E-state index contributed by atoms with van der Waals surface area (Å²) < 4.78 is 95.9. The van der Waals surface area contributed by atoms with Gasteiger partial charge in [-0.2, -0.15) is 18.3 Å². The monoisotopic (exact) mass is 729 g/mol. The molecule has 0 radical (unpaired) electrons. The molecule has 50 heavy (non-hydrogen) atoms. The number of aliphatic hydroxyl groups is 1. The number of alkyl halides is 3. The molecule has 0 saturated heterocycles. The smallest absolute Gasteiger partial charge is 0.390 e. The van der Waals surface area contributed by atoms with Gasteiger partial charge in [-0.1, -0.05) is 57.9 Å². The first-order chi connectivity index (χ1) is 23.6. The Bertz CT molecular complexity index is 1660. The molecule has 10 nitrogen and oxygen atoms in total. The van der Waals surface area contributed by atoms with Crippen LogP contribution in [0.4, 0.5) is 22.0 Å². The van der Waals surface area contributed by atoms with Crippen LogP contribution in [-0.4, -0.2) is 71.3 Å². The number of nitrogens with zero attached hydrogens (tertiary/aromatic N) is 1. The fourth-order valence-electron chi connectivity index (χ4n) is 5.62. The zero-order chi connectivity index (χ0) is 37.1. The summed E-state index contributed by atoms with van der Waals surface area (Å²) in [5.74, 6) is -5.34. The van der Waals surface area contributed by atoms with E-state index >= 15 is 0 Å². The van der Waals surface area contributed by atoms with E-state index in [1.807, 2.05) is 31.2 Å². The third-order valence-corrected chi connectivity index (χ3v) is 10.5. The summed E-state index contributed by atoms with van der Waals surface area (Å²) in [4.78, 5) is 26.9. The zero-order valence-corrected chi connectivity index (χ0v) is 28.9. The van der Waals surface area contributed by atoms with Gasteiger partial charge in [0, 0.05) is 19.2 Å². The highest BCUT2D eigenvalue weighted by Gasteiger charge is 2.39. The van der Waals surface area contributed by atoms with Crippen LogP contribution in [0.5, 0.6) is 0 Å². The first-order valence-electron chi connectivity index (χ1n) is 16.4. The highest BCUT2D eigenvalue weighted by Crippen LogP contribution is 2.30. The van der Waals surface area contributed by atoms with Crippen molar-refractivity contribution in [2.75, 3.05) is 12.3 Å². The molecule has 2 aromatic carbocycles. The van der Waals surface area contributed by atoms with Crippen molar-refractivity contribution in [2.24, 2.45) is 0 Å². The number of halogens is 5. The van der Waals surface area contributed by atoms with E-state index in [-0.39, 0.29) is 31.4 Å². The zero-order valence-electron chi connectivity index (χ0n) is 28.1. The Morgan fingerprint density at radius 1 is 0.940 bits per heavy atom. The normalized spacial score (nSPS) is 14.0. The second-order valence-corrected chi connectivity index (χ2v) is 14.5. The van der Waals surface area contributed by atoms with E-state index < -0.39 is 79.9 Å². The number of aromatic amines is 1. The highest BCUT2D eigenvalue weighted by atomic mass is 32.2. The van der Waals surface area contributed by atoms with Gasteiger partial charge in [0.1, 0.15) is 17.7 Å². The van der Waals surface area contributed by atoms with Gasteiger partial charge in [0.05, 0.1) is 34.9 Å². The number of H-pyrrole nitrogens is 1. The molecule has 2 amide bonds. The van der Waals surface area contributed by atoms with E-state index in [0.29, 0.717) is 31.6 Å². The molecule has 3 atom stereocenters. The van der Waals surface area contributed by atoms with Crippen LogP contribution < -0.4 is 16.0 Å². The Morgan fingerprint density at radius 2 is 1.58 bits per heavy atom. The molecule has 0 bridgehead atoms. The molecule has 0 fully saturated rings. The minimum absolute atomic E-state index is 0.0508. The Labute approximate surface area is 288 Å². The second kappa shape index (κ2) is 18.4. The maximum absolute atomic E-state index is 14.1. The van der Waals surface area contributed by atoms with Crippen molar-refractivity contribution in [2.45, 2.75) is 95.5 Å². The predicted molar refractivity (Wildman–Crippen MR) is 178 cm³/mol. The van der Waals surface area contributed by atoms with Crippen molar-refractivity contribution in [1.82, 2.24) is 26.1 Å². The number of carbonyl (C=O) groups excluding carboxylic acids is 2. The molecule has 0 spiro atoms. The maximum atomic E-state index is 14.1. The minimum atomic E-state index is -5.01. The van der Waals surface area contributed by atoms with Crippen LogP contribution in [0.15, 0.2) is 48.7 Å². The van der Waals surface area contributed by atoms with E-state index in [0.717, 1.165) is 29.7 Å².